The molecule has 3 heterocycles. The Hall–Kier alpha value is -2.30. The molecule has 0 aromatic rings. The zero-order valence-electron chi connectivity index (χ0n) is 17.5. The number of urea groups is 1. The zero-order chi connectivity index (χ0) is 22.2. The number of hydrogen-bond donors (Lipinski definition) is 3. The lowest BCUT2D eigenvalue weighted by Crippen LogP contribution is -2.36. The highest BCUT2D eigenvalue weighted by atomic mass is 32.2. The zero-order valence-corrected chi connectivity index (χ0v) is 18.3. The van der Waals surface area contributed by atoms with Gasteiger partial charge in [0.15, 0.2) is 0 Å². The molecule has 0 saturated carbocycles. The lowest BCUT2D eigenvalue weighted by Gasteiger charge is -2.16. The molecule has 11 heteroatoms. The van der Waals surface area contributed by atoms with Gasteiger partial charge in [-0.1, -0.05) is 12.8 Å². The SMILES string of the molecule is O=C(CCCCC1SC[C@H]2NC(=O)N[C@@H]12)NCCCCCC(=O)ON1C(=O)CCC1=O. The molecule has 3 saturated heterocycles. The summed E-state index contributed by atoms with van der Waals surface area (Å²) in [6.45, 7) is 0.552. The Bertz CT molecular complexity index is 702. The topological polar surface area (TPSA) is 134 Å². The number of carbonyl (C=O) groups excluding carboxylic acids is 5. The van der Waals surface area contributed by atoms with E-state index in [0.29, 0.717) is 29.7 Å². The van der Waals surface area contributed by atoms with Crippen molar-refractivity contribution in [2.45, 2.75) is 81.5 Å². The molecule has 0 aliphatic carbocycles. The molecule has 0 aromatic heterocycles. The minimum atomic E-state index is -0.590. The number of hydrogen-bond acceptors (Lipinski definition) is 7. The number of unbranched alkanes of at least 4 members (excludes halogenated alkanes) is 3. The summed E-state index contributed by atoms with van der Waals surface area (Å²) in [6.07, 6.45) is 5.60. The summed E-state index contributed by atoms with van der Waals surface area (Å²) in [5.74, 6) is -0.574. The normalized spacial score (nSPS) is 24.7. The number of carbonyl (C=O) groups is 5. The molecule has 5 amide bonds. The maximum absolute atomic E-state index is 11.9. The van der Waals surface area contributed by atoms with Crippen LogP contribution in [0.5, 0.6) is 0 Å². The van der Waals surface area contributed by atoms with Crippen LogP contribution in [0.25, 0.3) is 0 Å². The fraction of sp³-hybridized carbons (Fsp3) is 0.750. The second-order valence-corrected chi connectivity index (χ2v) is 9.35. The second-order valence-electron chi connectivity index (χ2n) is 8.07. The van der Waals surface area contributed by atoms with Crippen molar-refractivity contribution in [1.82, 2.24) is 21.0 Å². The van der Waals surface area contributed by atoms with Crippen LogP contribution < -0.4 is 16.0 Å². The minimum absolute atomic E-state index is 0.0262. The number of nitrogens with zero attached hydrogens (tertiary/aromatic N) is 1. The average Bonchev–Trinajstić information content (AvgIpc) is 3.38. The highest BCUT2D eigenvalue weighted by Gasteiger charge is 2.42. The van der Waals surface area contributed by atoms with Gasteiger partial charge in [0.05, 0.1) is 12.1 Å². The van der Waals surface area contributed by atoms with Gasteiger partial charge in [0.1, 0.15) is 0 Å². The molecule has 3 rings (SSSR count). The highest BCUT2D eigenvalue weighted by molar-refractivity contribution is 8.00. The van der Waals surface area contributed by atoms with Crippen molar-refractivity contribution >= 4 is 41.5 Å². The van der Waals surface area contributed by atoms with Crippen LogP contribution in [0.15, 0.2) is 0 Å². The number of fused-ring (bicyclic) bond motifs is 1. The molecule has 0 spiro atoms. The van der Waals surface area contributed by atoms with Gasteiger partial charge in [0, 0.05) is 43.2 Å². The van der Waals surface area contributed by atoms with Gasteiger partial charge in [-0.3, -0.25) is 14.4 Å². The monoisotopic (exact) mass is 454 g/mol. The van der Waals surface area contributed by atoms with E-state index in [1.807, 2.05) is 11.8 Å². The first-order chi connectivity index (χ1) is 14.9. The van der Waals surface area contributed by atoms with Gasteiger partial charge < -0.3 is 20.8 Å². The summed E-state index contributed by atoms with van der Waals surface area (Å²) < 4.78 is 0. The van der Waals surface area contributed by atoms with Crippen LogP contribution >= 0.6 is 11.8 Å². The maximum Gasteiger partial charge on any atom is 0.333 e. The third-order valence-corrected chi connectivity index (χ3v) is 7.17. The molecule has 3 atom stereocenters. The average molecular weight is 455 g/mol. The highest BCUT2D eigenvalue weighted by Crippen LogP contribution is 2.33. The molecule has 10 nitrogen and oxygen atoms in total. The van der Waals surface area contributed by atoms with E-state index in [0.717, 1.165) is 37.9 Å². The van der Waals surface area contributed by atoms with Crippen molar-refractivity contribution in [2.75, 3.05) is 12.3 Å². The van der Waals surface area contributed by atoms with Gasteiger partial charge in [-0.05, 0) is 25.7 Å². The number of rotatable bonds is 12. The molecule has 3 fully saturated rings. The molecule has 172 valence electrons. The third kappa shape index (κ3) is 6.84. The Morgan fingerprint density at radius 1 is 1.00 bits per heavy atom. The second kappa shape index (κ2) is 11.4. The van der Waals surface area contributed by atoms with E-state index in [1.54, 1.807) is 0 Å². The van der Waals surface area contributed by atoms with Crippen molar-refractivity contribution in [3.8, 4) is 0 Å². The fourth-order valence-electron chi connectivity index (χ4n) is 3.97. The lowest BCUT2D eigenvalue weighted by atomic mass is 10.0. The Balaban J connectivity index is 1.15. The van der Waals surface area contributed by atoms with Crippen molar-refractivity contribution in [3.63, 3.8) is 0 Å². The largest absolute Gasteiger partial charge is 0.356 e. The van der Waals surface area contributed by atoms with Gasteiger partial charge in [-0.15, -0.1) is 5.06 Å². The predicted molar refractivity (Wildman–Crippen MR) is 113 cm³/mol. The van der Waals surface area contributed by atoms with E-state index in [1.165, 1.54) is 0 Å². The van der Waals surface area contributed by atoms with Crippen molar-refractivity contribution < 1.29 is 28.8 Å². The van der Waals surface area contributed by atoms with Crippen molar-refractivity contribution in [2.24, 2.45) is 0 Å². The molecule has 31 heavy (non-hydrogen) atoms. The van der Waals surface area contributed by atoms with Crippen LogP contribution in [-0.2, 0) is 24.0 Å². The Morgan fingerprint density at radius 2 is 1.74 bits per heavy atom. The molecule has 3 aliphatic rings. The predicted octanol–water partition coefficient (Wildman–Crippen LogP) is 0.996. The molecular weight excluding hydrogens is 424 g/mol. The van der Waals surface area contributed by atoms with Crippen LogP contribution in [0.2, 0.25) is 0 Å². The lowest BCUT2D eigenvalue weighted by molar-refractivity contribution is -0.197. The van der Waals surface area contributed by atoms with Crippen molar-refractivity contribution in [3.05, 3.63) is 0 Å². The van der Waals surface area contributed by atoms with Crippen LogP contribution in [0.1, 0.15) is 64.2 Å². The van der Waals surface area contributed by atoms with E-state index < -0.39 is 17.8 Å². The number of nitrogens with one attached hydrogen (secondary N) is 3. The van der Waals surface area contributed by atoms with Crippen LogP contribution in [-0.4, -0.2) is 64.4 Å². The number of thioether (sulfide) groups is 1. The number of hydroxylamine groups is 2. The molecule has 3 aliphatic heterocycles. The summed E-state index contributed by atoms with van der Waals surface area (Å²) in [7, 11) is 0. The van der Waals surface area contributed by atoms with Gasteiger partial charge in [-0.25, -0.2) is 9.59 Å². The molecular formula is C20H30N4O6S. The van der Waals surface area contributed by atoms with E-state index in [2.05, 4.69) is 16.0 Å². The summed E-state index contributed by atoms with van der Waals surface area (Å²) in [6, 6.07) is 0.367. The van der Waals surface area contributed by atoms with Gasteiger partial charge >= 0.3 is 12.0 Å². The smallest absolute Gasteiger partial charge is 0.333 e. The Labute approximate surface area is 185 Å². The van der Waals surface area contributed by atoms with Gasteiger partial charge in [0.25, 0.3) is 11.8 Å². The van der Waals surface area contributed by atoms with E-state index in [-0.39, 0.29) is 43.3 Å². The first kappa shape index (κ1) is 23.4. The van der Waals surface area contributed by atoms with Crippen LogP contribution in [0, 0.1) is 0 Å². The molecule has 0 aromatic carbocycles. The molecule has 3 N–H and O–H groups in total. The quantitative estimate of drug-likeness (QED) is 0.227. The van der Waals surface area contributed by atoms with Crippen LogP contribution in [0.4, 0.5) is 4.79 Å². The van der Waals surface area contributed by atoms with Crippen molar-refractivity contribution in [1.29, 1.82) is 0 Å². The molecule has 0 bridgehead atoms. The summed E-state index contributed by atoms with van der Waals surface area (Å²) in [5, 5.41) is 9.77. The first-order valence-corrected chi connectivity index (χ1v) is 12.0. The first-order valence-electron chi connectivity index (χ1n) is 11.0. The number of amides is 5. The summed E-state index contributed by atoms with van der Waals surface area (Å²) in [4.78, 5) is 62.6. The maximum atomic E-state index is 11.9. The summed E-state index contributed by atoms with van der Waals surface area (Å²) in [5.41, 5.74) is 0. The van der Waals surface area contributed by atoms with Gasteiger partial charge in [-0.2, -0.15) is 11.8 Å². The minimum Gasteiger partial charge on any atom is -0.356 e. The number of imide groups is 1. The van der Waals surface area contributed by atoms with Crippen LogP contribution in [0.3, 0.4) is 0 Å². The van der Waals surface area contributed by atoms with E-state index in [4.69, 9.17) is 4.84 Å². The standard InChI is InChI=1S/C20H30N4O6S/c25-15(7-4-3-6-14-19-13(12-31-14)22-20(29)23-19)21-11-5-1-2-8-18(28)30-24-16(26)9-10-17(24)27/h13-14,19H,1-12H2,(H,21,25)(H2,22,23,29)/t13-,14?,19-/m1/s1. The fourth-order valence-corrected chi connectivity index (χ4v) is 5.51. The van der Waals surface area contributed by atoms with E-state index >= 15 is 0 Å². The third-order valence-electron chi connectivity index (χ3n) is 5.66. The van der Waals surface area contributed by atoms with E-state index in [9.17, 15) is 24.0 Å². The molecule has 0 radical (unpaired) electrons. The Kier molecular flexibility index (Phi) is 8.56. The molecule has 1 unspecified atom stereocenters. The van der Waals surface area contributed by atoms with Gasteiger partial charge in [0.2, 0.25) is 5.91 Å². The summed E-state index contributed by atoms with van der Waals surface area (Å²) >= 11 is 1.88. The Morgan fingerprint density at radius 3 is 2.52 bits per heavy atom.